The third kappa shape index (κ3) is 16.3. The minimum Gasteiger partial charge on any atom is -0.542 e. The van der Waals surface area contributed by atoms with Crippen molar-refractivity contribution >= 4 is 57.2 Å². The molecule has 6 N–H and O–H groups in total. The predicted molar refractivity (Wildman–Crippen MR) is 275 cm³/mol. The standard InChI is InChI=1S/2C26H28N5O.2C2HF3O2/c2*1-3-30(17-19-11-13-29(2)14-12-19)26(32)24-16-21-8-4-5-10-23(21)31(24)18-20-7-6-9-22(15-20)25(27)28;2*3-2(4,5)1(6)7/h2*4-16H,3,17-18H2,1-2H3,(H3,27,28);2*(H,6,7)/q2*+1;;/p-2. The van der Waals surface area contributed by atoms with Crippen LogP contribution < -0.4 is 30.8 Å². The first-order valence-corrected chi connectivity index (χ1v) is 23.9. The number of aromatic nitrogens is 4. The van der Waals surface area contributed by atoms with Crippen LogP contribution in [-0.4, -0.2) is 79.8 Å². The van der Waals surface area contributed by atoms with Gasteiger partial charge in [-0.05, 0) is 72.5 Å². The number of nitrogens with zero attached hydrogens (tertiary/aromatic N) is 6. The summed E-state index contributed by atoms with van der Waals surface area (Å²) >= 11 is 0. The number of para-hydroxylation sites is 2. The number of benzene rings is 4. The van der Waals surface area contributed by atoms with Gasteiger partial charge in [0.05, 0.1) is 0 Å². The second kappa shape index (κ2) is 26.4. The van der Waals surface area contributed by atoms with Gasteiger partial charge in [0.15, 0.2) is 24.8 Å². The van der Waals surface area contributed by atoms with Gasteiger partial charge in [0.25, 0.3) is 11.8 Å². The van der Waals surface area contributed by atoms with Crippen LogP contribution in [0.25, 0.3) is 21.8 Å². The Kier molecular flexibility index (Phi) is 20.2. The third-order valence-electron chi connectivity index (χ3n) is 11.9. The smallest absolute Gasteiger partial charge is 0.430 e. The molecule has 0 aliphatic heterocycles. The summed E-state index contributed by atoms with van der Waals surface area (Å²) in [7, 11) is 3.96. The van der Waals surface area contributed by atoms with Crippen LogP contribution in [0.1, 0.15) is 68.2 Å². The fraction of sp³-hybridized carbons (Fsp3) is 0.214. The first-order valence-electron chi connectivity index (χ1n) is 23.9. The Balaban J connectivity index is 0.000000231. The van der Waals surface area contributed by atoms with Crippen LogP contribution in [0, 0.1) is 10.8 Å². The lowest BCUT2D eigenvalue weighted by atomic mass is 10.1. The number of amides is 2. The van der Waals surface area contributed by atoms with Crippen molar-refractivity contribution in [2.24, 2.45) is 25.6 Å². The molecule has 4 aromatic carbocycles. The molecule has 2 amide bonds. The van der Waals surface area contributed by atoms with Crippen LogP contribution in [0.5, 0.6) is 0 Å². The number of nitrogen functional groups attached to an aromatic ring is 2. The lowest BCUT2D eigenvalue weighted by Gasteiger charge is -2.22. The van der Waals surface area contributed by atoms with Gasteiger partial charge in [-0.25, -0.2) is 9.13 Å². The second-order valence-corrected chi connectivity index (χ2v) is 17.5. The van der Waals surface area contributed by atoms with E-state index in [1.165, 1.54) is 0 Å². The number of fused-ring (bicyclic) bond motifs is 2. The molecule has 22 heteroatoms. The summed E-state index contributed by atoms with van der Waals surface area (Å²) < 4.78 is 71.2. The first-order chi connectivity index (χ1) is 36.8. The number of aryl methyl sites for hydroxylation is 2. The van der Waals surface area contributed by atoms with Gasteiger partial charge in [0, 0.05) is 96.5 Å². The molecule has 0 unspecified atom stereocenters. The van der Waals surface area contributed by atoms with Crippen LogP contribution in [0.15, 0.2) is 158 Å². The predicted octanol–water partition coefficient (Wildman–Crippen LogP) is 5.52. The molecule has 0 saturated heterocycles. The number of halogens is 6. The van der Waals surface area contributed by atoms with E-state index < -0.39 is 24.3 Å². The fourth-order valence-corrected chi connectivity index (χ4v) is 7.85. The van der Waals surface area contributed by atoms with Crippen molar-refractivity contribution in [1.82, 2.24) is 18.9 Å². The number of aliphatic carboxylic acids is 2. The molecule has 0 aliphatic rings. The van der Waals surface area contributed by atoms with E-state index in [0.717, 1.165) is 44.1 Å². The lowest BCUT2D eigenvalue weighted by molar-refractivity contribution is -0.671. The van der Waals surface area contributed by atoms with Gasteiger partial charge in [-0.15, -0.1) is 0 Å². The number of carbonyl (C=O) groups is 4. The number of hydrogen-bond acceptors (Lipinski definition) is 8. The van der Waals surface area contributed by atoms with E-state index in [4.69, 9.17) is 42.1 Å². The van der Waals surface area contributed by atoms with E-state index in [2.05, 4.69) is 9.13 Å². The molecular formula is C56H56F6N10O6. The molecular weight excluding hydrogens is 1020 g/mol. The summed E-state index contributed by atoms with van der Waals surface area (Å²) in [5, 5.41) is 35.1. The summed E-state index contributed by atoms with van der Waals surface area (Å²) in [6, 6.07) is 43.4. The molecule has 8 rings (SSSR count). The highest BCUT2D eigenvalue weighted by Gasteiger charge is 2.30. The molecule has 4 aromatic heterocycles. The van der Waals surface area contributed by atoms with Gasteiger partial charge < -0.3 is 50.2 Å². The summed E-state index contributed by atoms with van der Waals surface area (Å²) in [5.74, 6) is -5.94. The number of carboxylic acids is 2. The topological polar surface area (TPSA) is 238 Å². The van der Waals surface area contributed by atoms with E-state index >= 15 is 0 Å². The van der Waals surface area contributed by atoms with Crippen LogP contribution in [0.2, 0.25) is 0 Å². The number of rotatable bonds is 14. The molecule has 4 heterocycles. The summed E-state index contributed by atoms with van der Waals surface area (Å²) in [6.07, 6.45) is -2.42. The maximum absolute atomic E-state index is 13.6. The van der Waals surface area contributed by atoms with Gasteiger partial charge in [-0.2, -0.15) is 26.3 Å². The van der Waals surface area contributed by atoms with Gasteiger partial charge in [0.1, 0.15) is 49.1 Å². The van der Waals surface area contributed by atoms with E-state index in [9.17, 15) is 35.9 Å². The number of alkyl halides is 6. The van der Waals surface area contributed by atoms with Crippen molar-refractivity contribution in [3.8, 4) is 0 Å². The summed E-state index contributed by atoms with van der Waals surface area (Å²) in [5.41, 5.74) is 20.2. The molecule has 0 fully saturated rings. The summed E-state index contributed by atoms with van der Waals surface area (Å²) in [6.45, 7) is 7.38. The Bertz CT molecular complexity index is 3190. The Morgan fingerprint density at radius 2 is 0.833 bits per heavy atom. The van der Waals surface area contributed by atoms with Crippen LogP contribution in [0.3, 0.4) is 0 Å². The Labute approximate surface area is 444 Å². The Morgan fingerprint density at radius 1 is 0.513 bits per heavy atom. The number of nitrogens with two attached hydrogens (primary N) is 2. The normalized spacial score (nSPS) is 11.0. The highest BCUT2D eigenvalue weighted by Crippen LogP contribution is 2.26. The minimum atomic E-state index is -5.19. The zero-order chi connectivity index (χ0) is 57.5. The Morgan fingerprint density at radius 3 is 1.13 bits per heavy atom. The van der Waals surface area contributed by atoms with Crippen molar-refractivity contribution in [3.63, 3.8) is 0 Å². The van der Waals surface area contributed by atoms with Crippen molar-refractivity contribution in [3.05, 3.63) is 203 Å². The summed E-state index contributed by atoms with van der Waals surface area (Å²) in [4.78, 5) is 48.6. The average molecular weight is 1080 g/mol. The number of amidine groups is 2. The minimum absolute atomic E-state index is 0.000324. The SMILES string of the molecule is CCN(Cc1cc[n+](C)cc1)C(=O)c1cc2ccccc2n1Cc1cccc(C(=N)N)c1.CCN(Cc1cc[n+](C)cc1)C(=O)c1cc2ccccc2n1Cc1cccc(C(=N)N)c1.O=C([O-])C(F)(F)F.O=C([O-])C(F)(F)F. The molecule has 0 spiro atoms. The largest absolute Gasteiger partial charge is 0.542 e. The number of hydrogen-bond donors (Lipinski definition) is 4. The van der Waals surface area contributed by atoms with E-state index in [1.54, 1.807) is 0 Å². The van der Waals surface area contributed by atoms with E-state index in [1.807, 2.05) is 205 Å². The number of pyridine rings is 2. The molecule has 0 aliphatic carbocycles. The fourth-order valence-electron chi connectivity index (χ4n) is 7.85. The average Bonchev–Trinajstić information content (AvgIpc) is 3.96. The first kappa shape index (κ1) is 59.5. The number of carboxylic acid groups (broad SMARTS) is 2. The lowest BCUT2D eigenvalue weighted by Crippen LogP contribution is -2.37. The highest BCUT2D eigenvalue weighted by atomic mass is 19.4. The second-order valence-electron chi connectivity index (χ2n) is 17.5. The van der Waals surface area contributed by atoms with Gasteiger partial charge in [0.2, 0.25) is 0 Å². The highest BCUT2D eigenvalue weighted by molar-refractivity contribution is 6.00. The van der Waals surface area contributed by atoms with Gasteiger partial charge in [-0.3, -0.25) is 20.4 Å². The van der Waals surface area contributed by atoms with E-state index in [0.29, 0.717) is 61.8 Å². The van der Waals surface area contributed by atoms with E-state index in [-0.39, 0.29) is 23.5 Å². The molecule has 408 valence electrons. The molecule has 0 saturated carbocycles. The Hall–Kier alpha value is -9.34. The maximum atomic E-state index is 13.6. The zero-order valence-corrected chi connectivity index (χ0v) is 42.8. The van der Waals surface area contributed by atoms with Gasteiger partial charge in [-0.1, -0.05) is 72.8 Å². The van der Waals surface area contributed by atoms with Crippen LogP contribution in [0.4, 0.5) is 26.3 Å². The molecule has 0 atom stereocenters. The van der Waals surface area contributed by atoms with Crippen molar-refractivity contribution in [2.75, 3.05) is 13.1 Å². The van der Waals surface area contributed by atoms with Crippen LogP contribution >= 0.6 is 0 Å². The molecule has 78 heavy (non-hydrogen) atoms. The molecule has 16 nitrogen and oxygen atoms in total. The maximum Gasteiger partial charge on any atom is 0.430 e. The third-order valence-corrected chi connectivity index (χ3v) is 11.9. The zero-order valence-electron chi connectivity index (χ0n) is 42.8. The monoisotopic (exact) mass is 1080 g/mol. The van der Waals surface area contributed by atoms with Crippen LogP contribution in [-0.2, 0) is 49.9 Å². The number of carbonyl (C=O) groups excluding carboxylic acids is 4. The molecule has 0 radical (unpaired) electrons. The molecule has 8 aromatic rings. The number of nitrogens with one attached hydrogen (secondary N) is 2. The molecule has 0 bridgehead atoms. The van der Waals surface area contributed by atoms with Gasteiger partial charge >= 0.3 is 12.4 Å². The van der Waals surface area contributed by atoms with Crippen molar-refractivity contribution in [1.29, 1.82) is 10.8 Å². The van der Waals surface area contributed by atoms with Crippen molar-refractivity contribution in [2.45, 2.75) is 52.4 Å². The van der Waals surface area contributed by atoms with Crippen molar-refractivity contribution < 1.29 is 64.9 Å². The quantitative estimate of drug-likeness (QED) is 0.0467.